The number of fused-ring (bicyclic) bond motifs is 1. The van der Waals surface area contributed by atoms with Gasteiger partial charge in [-0.1, -0.05) is 37.3 Å². The van der Waals surface area contributed by atoms with E-state index in [1.165, 1.54) is 29.2 Å². The van der Waals surface area contributed by atoms with E-state index in [-0.39, 0.29) is 12.2 Å². The van der Waals surface area contributed by atoms with Crippen LogP contribution < -0.4 is 10.2 Å². The summed E-state index contributed by atoms with van der Waals surface area (Å²) in [5, 5.41) is 10.9. The highest BCUT2D eigenvalue weighted by Gasteiger charge is 2.36. The summed E-state index contributed by atoms with van der Waals surface area (Å²) in [6, 6.07) is 13.2. The van der Waals surface area contributed by atoms with Crippen molar-refractivity contribution < 1.29 is 22.8 Å². The van der Waals surface area contributed by atoms with Gasteiger partial charge in [0.05, 0.1) is 11.1 Å². The zero-order valence-electron chi connectivity index (χ0n) is 20.9. The topological polar surface area (TPSA) is 93.0 Å². The maximum atomic E-state index is 13.9. The van der Waals surface area contributed by atoms with Crippen molar-refractivity contribution >= 4 is 28.5 Å². The molecular weight excluding hydrogens is 497 g/mol. The number of halogens is 3. The molecule has 38 heavy (non-hydrogen) atoms. The minimum absolute atomic E-state index is 0.0740. The molecule has 0 fully saturated rings. The molecule has 4 aromatic rings. The van der Waals surface area contributed by atoms with E-state index in [4.69, 9.17) is 0 Å². The van der Waals surface area contributed by atoms with Gasteiger partial charge in [-0.15, -0.1) is 5.10 Å². The van der Waals surface area contributed by atoms with Gasteiger partial charge in [-0.2, -0.15) is 13.2 Å². The Morgan fingerprint density at radius 3 is 2.47 bits per heavy atom. The van der Waals surface area contributed by atoms with Crippen LogP contribution in [-0.2, 0) is 22.3 Å². The first kappa shape index (κ1) is 26.8. The summed E-state index contributed by atoms with van der Waals surface area (Å²) < 4.78 is 42.2. The second kappa shape index (κ2) is 11.4. The van der Waals surface area contributed by atoms with E-state index in [1.54, 1.807) is 36.4 Å². The van der Waals surface area contributed by atoms with Crippen molar-refractivity contribution in [1.29, 1.82) is 0 Å². The quantitative estimate of drug-likeness (QED) is 0.340. The Kier molecular flexibility index (Phi) is 8.04. The number of benzene rings is 2. The molecule has 0 spiro atoms. The molecule has 0 radical (unpaired) electrons. The summed E-state index contributed by atoms with van der Waals surface area (Å²) in [6.07, 6.45) is -1.03. The molecule has 0 saturated carbocycles. The molecule has 2 amide bonds. The van der Waals surface area contributed by atoms with Crippen LogP contribution in [0.25, 0.3) is 11.0 Å². The van der Waals surface area contributed by atoms with E-state index in [1.807, 2.05) is 13.8 Å². The van der Waals surface area contributed by atoms with Gasteiger partial charge in [0, 0.05) is 24.6 Å². The molecule has 2 aromatic heterocycles. The lowest BCUT2D eigenvalue weighted by molar-refractivity contribution is -0.137. The monoisotopic (exact) mass is 524 g/mol. The first-order chi connectivity index (χ1) is 18.1. The molecule has 0 bridgehead atoms. The predicted molar refractivity (Wildman–Crippen MR) is 136 cm³/mol. The fourth-order valence-corrected chi connectivity index (χ4v) is 4.05. The average Bonchev–Trinajstić information content (AvgIpc) is 3.29. The maximum absolute atomic E-state index is 13.9. The highest BCUT2D eigenvalue weighted by molar-refractivity contribution is 6.01. The van der Waals surface area contributed by atoms with Crippen molar-refractivity contribution in [2.24, 2.45) is 5.92 Å². The number of carbonyl (C=O) groups excluding carboxylic acids is 2. The van der Waals surface area contributed by atoms with E-state index < -0.39 is 29.6 Å². The van der Waals surface area contributed by atoms with E-state index in [0.29, 0.717) is 35.5 Å². The van der Waals surface area contributed by atoms with Crippen LogP contribution in [0.1, 0.15) is 37.4 Å². The minimum Gasteiger partial charge on any atom is -0.354 e. The highest BCUT2D eigenvalue weighted by Crippen LogP contribution is 2.35. The normalized spacial score (nSPS) is 12.5. The Hall–Kier alpha value is -4.28. The van der Waals surface area contributed by atoms with Gasteiger partial charge in [0.25, 0.3) is 0 Å². The van der Waals surface area contributed by atoms with Crippen molar-refractivity contribution in [1.82, 2.24) is 25.3 Å². The summed E-state index contributed by atoms with van der Waals surface area (Å²) in [5.74, 6) is -0.844. The molecule has 8 nitrogen and oxygen atoms in total. The predicted octanol–water partition coefficient (Wildman–Crippen LogP) is 4.78. The number of aromatic nitrogens is 4. The summed E-state index contributed by atoms with van der Waals surface area (Å²) in [6.45, 7) is 4.01. The molecule has 1 atom stereocenters. The number of rotatable bonds is 9. The van der Waals surface area contributed by atoms with Crippen molar-refractivity contribution in [2.75, 3.05) is 11.4 Å². The van der Waals surface area contributed by atoms with Crippen LogP contribution >= 0.6 is 0 Å². The third-order valence-electron chi connectivity index (χ3n) is 5.97. The molecule has 0 aliphatic rings. The lowest BCUT2D eigenvalue weighted by Crippen LogP contribution is -2.45. The zero-order chi connectivity index (χ0) is 27.3. The summed E-state index contributed by atoms with van der Waals surface area (Å²) in [7, 11) is 0. The number of hydrogen-bond donors (Lipinski definition) is 1. The number of anilines is 1. The third-order valence-corrected chi connectivity index (χ3v) is 5.97. The summed E-state index contributed by atoms with van der Waals surface area (Å²) in [4.78, 5) is 32.5. The number of amides is 2. The largest absolute Gasteiger partial charge is 0.416 e. The number of alkyl halides is 3. The molecule has 4 rings (SSSR count). The van der Waals surface area contributed by atoms with Gasteiger partial charge in [-0.25, -0.2) is 4.68 Å². The summed E-state index contributed by atoms with van der Waals surface area (Å²) >= 11 is 0. The Morgan fingerprint density at radius 2 is 1.76 bits per heavy atom. The van der Waals surface area contributed by atoms with Crippen LogP contribution in [0.4, 0.5) is 18.9 Å². The number of pyridine rings is 1. The molecule has 198 valence electrons. The standard InChI is InChI=1S/C27H27F3N6O2/c1-18(2)10-15-32-26(38)25(19-11-13-31-14-12-19)36(21-7-5-6-20(16-21)27(28,29)30)24(37)17-35-23-9-4-3-8-22(23)33-34-35/h3-9,11-14,16,18,25H,10,15,17H2,1-2H3,(H,32,38)/t25-/m1/s1. The Balaban J connectivity index is 1.80. The lowest BCUT2D eigenvalue weighted by Gasteiger charge is -2.32. The Bertz CT molecular complexity index is 1400. The van der Waals surface area contributed by atoms with Gasteiger partial charge in [0.2, 0.25) is 11.8 Å². The zero-order valence-corrected chi connectivity index (χ0v) is 20.9. The van der Waals surface area contributed by atoms with Crippen molar-refractivity contribution in [2.45, 2.75) is 39.0 Å². The Labute approximate surface area is 217 Å². The maximum Gasteiger partial charge on any atom is 0.416 e. The molecular formula is C27H27F3N6O2. The number of para-hydroxylation sites is 1. The van der Waals surface area contributed by atoms with E-state index >= 15 is 0 Å². The molecule has 2 heterocycles. The molecule has 2 aromatic carbocycles. The summed E-state index contributed by atoms with van der Waals surface area (Å²) in [5.41, 5.74) is 0.522. The third kappa shape index (κ3) is 6.16. The molecule has 1 N–H and O–H groups in total. The van der Waals surface area contributed by atoms with Crippen LogP contribution in [0.2, 0.25) is 0 Å². The van der Waals surface area contributed by atoms with Gasteiger partial charge in [0.1, 0.15) is 18.1 Å². The highest BCUT2D eigenvalue weighted by atomic mass is 19.4. The van der Waals surface area contributed by atoms with Crippen LogP contribution in [0.15, 0.2) is 73.1 Å². The Morgan fingerprint density at radius 1 is 1.03 bits per heavy atom. The van der Waals surface area contributed by atoms with Gasteiger partial charge in [-0.3, -0.25) is 19.5 Å². The molecule has 0 saturated heterocycles. The smallest absolute Gasteiger partial charge is 0.354 e. The first-order valence-corrected chi connectivity index (χ1v) is 12.1. The van der Waals surface area contributed by atoms with Gasteiger partial charge in [0.15, 0.2) is 0 Å². The van der Waals surface area contributed by atoms with E-state index in [9.17, 15) is 22.8 Å². The van der Waals surface area contributed by atoms with Crippen LogP contribution in [0.3, 0.4) is 0 Å². The SMILES string of the molecule is CC(C)CCNC(=O)[C@@H](c1ccncc1)N(C(=O)Cn1nnc2ccccc21)c1cccc(C(F)(F)F)c1. The van der Waals surface area contributed by atoms with Gasteiger partial charge >= 0.3 is 6.18 Å². The van der Waals surface area contributed by atoms with Crippen LogP contribution in [0, 0.1) is 5.92 Å². The average molecular weight is 525 g/mol. The minimum atomic E-state index is -4.64. The number of carbonyl (C=O) groups is 2. The van der Waals surface area contributed by atoms with E-state index in [2.05, 4.69) is 20.6 Å². The number of hydrogen-bond acceptors (Lipinski definition) is 5. The second-order valence-electron chi connectivity index (χ2n) is 9.20. The molecule has 0 aliphatic carbocycles. The van der Waals surface area contributed by atoms with Crippen molar-refractivity contribution in [3.05, 3.63) is 84.2 Å². The van der Waals surface area contributed by atoms with Crippen molar-refractivity contribution in [3.8, 4) is 0 Å². The van der Waals surface area contributed by atoms with Crippen molar-refractivity contribution in [3.63, 3.8) is 0 Å². The van der Waals surface area contributed by atoms with Gasteiger partial charge < -0.3 is 5.32 Å². The fraction of sp³-hybridized carbons (Fsp3) is 0.296. The van der Waals surface area contributed by atoms with Crippen LogP contribution in [-0.4, -0.2) is 38.3 Å². The van der Waals surface area contributed by atoms with Gasteiger partial charge in [-0.05, 0) is 60.4 Å². The number of nitrogens with zero attached hydrogens (tertiary/aromatic N) is 5. The fourth-order valence-electron chi connectivity index (χ4n) is 4.05. The second-order valence-corrected chi connectivity index (χ2v) is 9.20. The van der Waals surface area contributed by atoms with E-state index in [0.717, 1.165) is 17.0 Å². The molecule has 0 aliphatic heterocycles. The lowest BCUT2D eigenvalue weighted by atomic mass is 10.0. The molecule has 0 unspecified atom stereocenters. The van der Waals surface area contributed by atoms with Crippen LogP contribution in [0.5, 0.6) is 0 Å². The number of nitrogens with one attached hydrogen (secondary N) is 1. The first-order valence-electron chi connectivity index (χ1n) is 12.1. The molecule has 11 heteroatoms.